The zero-order chi connectivity index (χ0) is 15.6. The smallest absolute Gasteiger partial charge is 0.314 e. The van der Waals surface area contributed by atoms with Crippen LogP contribution in [0.1, 0.15) is 50.2 Å². The molecule has 0 unspecified atom stereocenters. The van der Waals surface area contributed by atoms with Gasteiger partial charge in [0, 0.05) is 10.0 Å². The summed E-state index contributed by atoms with van der Waals surface area (Å²) >= 11 is 3.52. The fourth-order valence-electron chi connectivity index (χ4n) is 3.25. The Labute approximate surface area is 133 Å². The average Bonchev–Trinajstić information content (AvgIpc) is 2.48. The number of methoxy groups -OCH3 is 1. The monoisotopic (exact) mass is 356 g/mol. The van der Waals surface area contributed by atoms with Crippen molar-refractivity contribution in [2.75, 3.05) is 7.11 Å². The molecule has 4 nitrogen and oxygen atoms in total. The molecule has 1 fully saturated rings. The standard InChI is InChI=1S/C16H21BrO4/c1-3-10-9-11(21-2)14(18)12(13(10)17)16(15(19)20)7-5-4-6-8-16/h9,18H,3-8H2,1-2H3,(H,19,20). The number of aliphatic carboxylic acids is 1. The molecule has 116 valence electrons. The summed E-state index contributed by atoms with van der Waals surface area (Å²) in [7, 11) is 1.49. The van der Waals surface area contributed by atoms with Gasteiger partial charge in [0.1, 0.15) is 0 Å². The second-order valence-electron chi connectivity index (χ2n) is 5.58. The quantitative estimate of drug-likeness (QED) is 0.854. The van der Waals surface area contributed by atoms with Gasteiger partial charge in [-0.2, -0.15) is 0 Å². The van der Waals surface area contributed by atoms with E-state index in [1.807, 2.05) is 6.92 Å². The molecule has 1 aliphatic rings. The molecule has 1 aliphatic carbocycles. The second kappa shape index (κ2) is 6.26. The Kier molecular flexibility index (Phi) is 4.81. The lowest BCUT2D eigenvalue weighted by Crippen LogP contribution is -2.38. The molecule has 0 radical (unpaired) electrons. The van der Waals surface area contributed by atoms with E-state index in [-0.39, 0.29) is 5.75 Å². The van der Waals surface area contributed by atoms with Crippen molar-refractivity contribution in [1.29, 1.82) is 0 Å². The maximum absolute atomic E-state index is 12.0. The highest BCUT2D eigenvalue weighted by Crippen LogP contribution is 2.50. The van der Waals surface area contributed by atoms with Crippen LogP contribution in [0.5, 0.6) is 11.5 Å². The number of carboxylic acids is 1. The average molecular weight is 357 g/mol. The number of phenols is 1. The van der Waals surface area contributed by atoms with Gasteiger partial charge in [0.05, 0.1) is 12.5 Å². The largest absolute Gasteiger partial charge is 0.504 e. The van der Waals surface area contributed by atoms with Crippen LogP contribution in [0.4, 0.5) is 0 Å². The van der Waals surface area contributed by atoms with Crippen molar-refractivity contribution in [2.24, 2.45) is 0 Å². The van der Waals surface area contributed by atoms with E-state index in [4.69, 9.17) is 4.74 Å². The highest BCUT2D eigenvalue weighted by Gasteiger charge is 2.45. The number of halogens is 1. The molecule has 1 aromatic rings. The molecular formula is C16H21BrO4. The van der Waals surface area contributed by atoms with Crippen LogP contribution in [0.3, 0.4) is 0 Å². The summed E-state index contributed by atoms with van der Waals surface area (Å²) in [5.41, 5.74) is 0.399. The predicted molar refractivity (Wildman–Crippen MR) is 84.1 cm³/mol. The van der Waals surface area contributed by atoms with E-state index in [9.17, 15) is 15.0 Å². The van der Waals surface area contributed by atoms with Gasteiger partial charge in [0.15, 0.2) is 11.5 Å². The zero-order valence-electron chi connectivity index (χ0n) is 12.4. The van der Waals surface area contributed by atoms with Gasteiger partial charge in [-0.3, -0.25) is 4.79 Å². The molecule has 2 N–H and O–H groups in total. The Morgan fingerprint density at radius 1 is 1.38 bits per heavy atom. The molecule has 5 heteroatoms. The molecule has 0 spiro atoms. The SMILES string of the molecule is CCc1cc(OC)c(O)c(C2(C(=O)O)CCCCC2)c1Br. The van der Waals surface area contributed by atoms with Gasteiger partial charge in [-0.15, -0.1) is 0 Å². The van der Waals surface area contributed by atoms with Crippen LogP contribution >= 0.6 is 15.9 Å². The Hall–Kier alpha value is -1.23. The Balaban J connectivity index is 2.72. The first kappa shape index (κ1) is 16.1. The lowest BCUT2D eigenvalue weighted by Gasteiger charge is -2.35. The number of ether oxygens (including phenoxy) is 1. The third kappa shape index (κ3) is 2.63. The lowest BCUT2D eigenvalue weighted by atomic mass is 9.68. The molecular weight excluding hydrogens is 336 g/mol. The number of hydrogen-bond donors (Lipinski definition) is 2. The molecule has 0 aromatic heterocycles. The number of rotatable bonds is 4. The van der Waals surface area contributed by atoms with Gasteiger partial charge < -0.3 is 14.9 Å². The van der Waals surface area contributed by atoms with Crippen molar-refractivity contribution in [1.82, 2.24) is 0 Å². The van der Waals surface area contributed by atoms with Gasteiger partial charge in [-0.25, -0.2) is 0 Å². The second-order valence-corrected chi connectivity index (χ2v) is 6.37. The number of aryl methyl sites for hydroxylation is 1. The maximum atomic E-state index is 12.0. The molecule has 21 heavy (non-hydrogen) atoms. The van der Waals surface area contributed by atoms with Crippen LogP contribution in [0.2, 0.25) is 0 Å². The van der Waals surface area contributed by atoms with Crippen LogP contribution in [-0.2, 0) is 16.6 Å². The summed E-state index contributed by atoms with van der Waals surface area (Å²) in [5.74, 6) is -0.573. The minimum Gasteiger partial charge on any atom is -0.504 e. The van der Waals surface area contributed by atoms with Gasteiger partial charge in [-0.1, -0.05) is 42.1 Å². The van der Waals surface area contributed by atoms with Crippen molar-refractivity contribution in [3.8, 4) is 11.5 Å². The van der Waals surface area contributed by atoms with Crippen molar-refractivity contribution < 1.29 is 19.7 Å². The highest BCUT2D eigenvalue weighted by molar-refractivity contribution is 9.10. The predicted octanol–water partition coefficient (Wildman–Crippen LogP) is 4.01. The summed E-state index contributed by atoms with van der Waals surface area (Å²) in [6.07, 6.45) is 4.58. The molecule has 1 saturated carbocycles. The fourth-order valence-corrected chi connectivity index (χ4v) is 4.22. The minimum atomic E-state index is -1.03. The van der Waals surface area contributed by atoms with Gasteiger partial charge in [0.2, 0.25) is 0 Å². The third-order valence-electron chi connectivity index (χ3n) is 4.47. The summed E-state index contributed by atoms with van der Waals surface area (Å²) in [6.45, 7) is 1.99. The Morgan fingerprint density at radius 3 is 2.48 bits per heavy atom. The van der Waals surface area contributed by atoms with E-state index < -0.39 is 11.4 Å². The van der Waals surface area contributed by atoms with Crippen LogP contribution in [0.25, 0.3) is 0 Å². The molecule has 1 aromatic carbocycles. The molecule has 0 amide bonds. The topological polar surface area (TPSA) is 66.8 Å². The first-order chi connectivity index (χ1) is 9.97. The van der Waals surface area contributed by atoms with Crippen LogP contribution in [0, 0.1) is 0 Å². The van der Waals surface area contributed by atoms with Crippen LogP contribution in [0.15, 0.2) is 10.5 Å². The minimum absolute atomic E-state index is 0.0501. The normalized spacial score (nSPS) is 17.5. The highest BCUT2D eigenvalue weighted by atomic mass is 79.9. The number of phenolic OH excluding ortho intramolecular Hbond substituents is 1. The molecule has 0 atom stereocenters. The van der Waals surface area contributed by atoms with E-state index in [1.54, 1.807) is 6.07 Å². The van der Waals surface area contributed by atoms with Crippen molar-refractivity contribution in [3.05, 3.63) is 21.7 Å². The number of carbonyl (C=O) groups is 1. The number of aromatic hydroxyl groups is 1. The zero-order valence-corrected chi connectivity index (χ0v) is 14.0. The van der Waals surface area contributed by atoms with E-state index >= 15 is 0 Å². The summed E-state index contributed by atoms with van der Waals surface area (Å²) in [5, 5.41) is 20.4. The van der Waals surface area contributed by atoms with Crippen molar-refractivity contribution >= 4 is 21.9 Å². The molecule has 0 aliphatic heterocycles. The first-order valence-electron chi connectivity index (χ1n) is 7.30. The fraction of sp³-hybridized carbons (Fsp3) is 0.562. The van der Waals surface area contributed by atoms with Crippen molar-refractivity contribution in [3.63, 3.8) is 0 Å². The van der Waals surface area contributed by atoms with Crippen LogP contribution < -0.4 is 4.74 Å². The molecule has 2 rings (SSSR count). The Bertz CT molecular complexity index is 519. The van der Waals surface area contributed by atoms with E-state index in [1.165, 1.54) is 7.11 Å². The van der Waals surface area contributed by atoms with Gasteiger partial charge in [0.25, 0.3) is 0 Å². The van der Waals surface area contributed by atoms with Crippen molar-refractivity contribution in [2.45, 2.75) is 50.9 Å². The molecule has 0 saturated heterocycles. The number of hydrogen-bond acceptors (Lipinski definition) is 3. The molecule has 0 bridgehead atoms. The number of benzene rings is 1. The first-order valence-corrected chi connectivity index (χ1v) is 8.09. The van der Waals surface area contributed by atoms with Gasteiger partial charge in [-0.05, 0) is 30.9 Å². The van der Waals surface area contributed by atoms with Gasteiger partial charge >= 0.3 is 5.97 Å². The summed E-state index contributed by atoms with van der Waals surface area (Å²) in [4.78, 5) is 12.0. The third-order valence-corrected chi connectivity index (χ3v) is 5.38. The molecule has 0 heterocycles. The van der Waals surface area contributed by atoms with Crippen LogP contribution in [-0.4, -0.2) is 23.3 Å². The van der Waals surface area contributed by atoms with E-state index in [0.717, 1.165) is 31.2 Å². The Morgan fingerprint density at radius 2 is 2.00 bits per heavy atom. The number of carboxylic acid groups (broad SMARTS) is 1. The summed E-state index contributed by atoms with van der Waals surface area (Å²) < 4.78 is 5.94. The lowest BCUT2D eigenvalue weighted by molar-refractivity contribution is -0.145. The summed E-state index contributed by atoms with van der Waals surface area (Å²) in [6, 6.07) is 1.77. The maximum Gasteiger partial charge on any atom is 0.314 e. The van der Waals surface area contributed by atoms with E-state index in [0.29, 0.717) is 28.6 Å². The van der Waals surface area contributed by atoms with E-state index in [2.05, 4.69) is 15.9 Å².